The lowest BCUT2D eigenvalue weighted by Gasteiger charge is -2.23. The number of Topliss-reactive ketones (excluding diaryl/α,β-unsaturated/α-hetero) is 1. The molecule has 0 radical (unpaired) electrons. The number of anilines is 1. The van der Waals surface area contributed by atoms with E-state index in [0.717, 1.165) is 0 Å². The quantitative estimate of drug-likeness (QED) is 0.302. The van der Waals surface area contributed by atoms with Crippen LogP contribution in [0.3, 0.4) is 0 Å². The Labute approximate surface area is 195 Å². The van der Waals surface area contributed by atoms with Gasteiger partial charge in [-0.3, -0.25) is 14.5 Å². The minimum absolute atomic E-state index is 0.00715. The van der Waals surface area contributed by atoms with Crippen LogP contribution in [-0.4, -0.2) is 34.5 Å². The first-order valence-corrected chi connectivity index (χ1v) is 11.5. The number of thiazole rings is 1. The zero-order chi connectivity index (χ0) is 23.5. The van der Waals surface area contributed by atoms with Crippen molar-refractivity contribution in [2.45, 2.75) is 32.9 Å². The molecule has 3 aromatic rings. The van der Waals surface area contributed by atoms with Crippen molar-refractivity contribution in [2.24, 2.45) is 0 Å². The third-order valence-electron chi connectivity index (χ3n) is 5.08. The van der Waals surface area contributed by atoms with Crippen LogP contribution >= 0.6 is 11.3 Å². The molecular weight excluding hydrogens is 440 g/mol. The average Bonchev–Trinajstić information content (AvgIpc) is 3.41. The highest BCUT2D eigenvalue weighted by molar-refractivity contribution is 7.14. The van der Waals surface area contributed by atoms with Crippen molar-refractivity contribution >= 4 is 33.9 Å². The Morgan fingerprint density at radius 2 is 1.76 bits per heavy atom. The lowest BCUT2D eigenvalue weighted by molar-refractivity contribution is -0.132. The van der Waals surface area contributed by atoms with Crippen LogP contribution in [0.1, 0.15) is 37.9 Å². The lowest BCUT2D eigenvalue weighted by atomic mass is 9.95. The SMILES string of the molecule is CCOc1ccc([C@H]2C(=C(O)c3ccc(OC(C)C)cc3)C(=O)C(=O)N2c2nccs2)cc1. The van der Waals surface area contributed by atoms with Crippen molar-refractivity contribution in [3.8, 4) is 11.5 Å². The molecule has 4 rings (SSSR count). The summed E-state index contributed by atoms with van der Waals surface area (Å²) in [5.74, 6) is -0.419. The topological polar surface area (TPSA) is 89.0 Å². The summed E-state index contributed by atoms with van der Waals surface area (Å²) in [7, 11) is 0. The second kappa shape index (κ2) is 9.46. The van der Waals surface area contributed by atoms with Crippen molar-refractivity contribution in [2.75, 3.05) is 11.5 Å². The average molecular weight is 465 g/mol. The van der Waals surface area contributed by atoms with E-state index in [9.17, 15) is 14.7 Å². The number of carbonyl (C=O) groups is 2. The van der Waals surface area contributed by atoms with E-state index in [-0.39, 0.29) is 17.4 Å². The van der Waals surface area contributed by atoms with Crippen LogP contribution in [0.2, 0.25) is 0 Å². The number of amides is 1. The molecule has 33 heavy (non-hydrogen) atoms. The number of ketones is 1. The Bertz CT molecular complexity index is 1170. The van der Waals surface area contributed by atoms with Crippen LogP contribution in [0.4, 0.5) is 5.13 Å². The summed E-state index contributed by atoms with van der Waals surface area (Å²) in [5.41, 5.74) is 1.09. The summed E-state index contributed by atoms with van der Waals surface area (Å²) in [5, 5.41) is 13.3. The van der Waals surface area contributed by atoms with Gasteiger partial charge in [0.1, 0.15) is 17.3 Å². The van der Waals surface area contributed by atoms with Gasteiger partial charge in [0.15, 0.2) is 5.13 Å². The van der Waals surface area contributed by atoms with Crippen LogP contribution in [-0.2, 0) is 9.59 Å². The van der Waals surface area contributed by atoms with Crippen LogP contribution < -0.4 is 14.4 Å². The standard InChI is InChI=1S/C25H24N2O5S/c1-4-31-18-9-5-16(6-10-18)21-20(23(29)24(30)27(21)25-26-13-14-33-25)22(28)17-7-11-19(12-8-17)32-15(2)3/h5-15,21,28H,4H2,1-3H3/t21-/m0/s1. The molecule has 1 saturated heterocycles. The van der Waals surface area contributed by atoms with Crippen LogP contribution in [0.25, 0.3) is 5.76 Å². The number of hydrogen-bond donors (Lipinski definition) is 1. The molecule has 1 amide bonds. The molecule has 0 aliphatic carbocycles. The van der Waals surface area contributed by atoms with Gasteiger partial charge in [-0.05, 0) is 62.7 Å². The molecule has 1 aromatic heterocycles. The third kappa shape index (κ3) is 4.47. The maximum absolute atomic E-state index is 13.1. The van der Waals surface area contributed by atoms with E-state index in [0.29, 0.717) is 34.4 Å². The highest BCUT2D eigenvalue weighted by Crippen LogP contribution is 2.43. The molecule has 1 fully saturated rings. The zero-order valence-corrected chi connectivity index (χ0v) is 19.3. The molecule has 1 N–H and O–H groups in total. The number of aliphatic hydroxyl groups is 1. The number of carbonyl (C=O) groups excluding carboxylic acids is 2. The van der Waals surface area contributed by atoms with Crippen molar-refractivity contribution in [1.82, 2.24) is 4.98 Å². The van der Waals surface area contributed by atoms with Gasteiger partial charge in [-0.1, -0.05) is 12.1 Å². The lowest BCUT2D eigenvalue weighted by Crippen LogP contribution is -2.29. The number of aromatic nitrogens is 1. The maximum Gasteiger partial charge on any atom is 0.301 e. The molecule has 2 heterocycles. The molecule has 0 spiro atoms. The van der Waals surface area contributed by atoms with Crippen LogP contribution in [0.15, 0.2) is 65.7 Å². The molecule has 1 atom stereocenters. The fourth-order valence-electron chi connectivity index (χ4n) is 3.71. The van der Waals surface area contributed by atoms with Gasteiger partial charge in [0.2, 0.25) is 0 Å². The number of rotatable bonds is 7. The Kier molecular flexibility index (Phi) is 6.46. The van der Waals surface area contributed by atoms with Crippen LogP contribution in [0.5, 0.6) is 11.5 Å². The first-order valence-electron chi connectivity index (χ1n) is 10.6. The smallest absolute Gasteiger partial charge is 0.301 e. The second-order valence-corrected chi connectivity index (χ2v) is 8.55. The molecule has 0 unspecified atom stereocenters. The summed E-state index contributed by atoms with van der Waals surface area (Å²) < 4.78 is 11.2. The van der Waals surface area contributed by atoms with Crippen molar-refractivity contribution in [3.05, 3.63) is 76.8 Å². The van der Waals surface area contributed by atoms with E-state index in [1.807, 2.05) is 20.8 Å². The Hall–Kier alpha value is -3.65. The van der Waals surface area contributed by atoms with Gasteiger partial charge >= 0.3 is 5.91 Å². The number of benzene rings is 2. The maximum atomic E-state index is 13.1. The monoisotopic (exact) mass is 464 g/mol. The number of hydrogen-bond acceptors (Lipinski definition) is 7. The summed E-state index contributed by atoms with van der Waals surface area (Å²) in [6, 6.07) is 13.1. The fraction of sp³-hybridized carbons (Fsp3) is 0.240. The van der Waals surface area contributed by atoms with Gasteiger partial charge in [-0.25, -0.2) is 4.98 Å². The van der Waals surface area contributed by atoms with E-state index < -0.39 is 17.7 Å². The minimum atomic E-state index is -0.821. The van der Waals surface area contributed by atoms with Crippen LogP contribution in [0, 0.1) is 0 Å². The predicted octanol–water partition coefficient (Wildman–Crippen LogP) is 4.96. The molecular formula is C25H24N2O5S. The van der Waals surface area contributed by atoms with E-state index in [2.05, 4.69) is 4.98 Å². The molecule has 1 aliphatic heterocycles. The van der Waals surface area contributed by atoms with Gasteiger partial charge in [0.05, 0.1) is 24.3 Å². The predicted molar refractivity (Wildman–Crippen MR) is 127 cm³/mol. The van der Waals surface area contributed by atoms with Crippen molar-refractivity contribution < 1.29 is 24.2 Å². The fourth-order valence-corrected chi connectivity index (χ4v) is 4.38. The molecule has 0 saturated carbocycles. The highest BCUT2D eigenvalue weighted by atomic mass is 32.1. The van der Waals surface area contributed by atoms with E-state index in [4.69, 9.17) is 9.47 Å². The summed E-state index contributed by atoms with van der Waals surface area (Å²) in [6.45, 7) is 6.26. The Morgan fingerprint density at radius 3 is 2.33 bits per heavy atom. The molecule has 2 aromatic carbocycles. The zero-order valence-electron chi connectivity index (χ0n) is 18.5. The van der Waals surface area contributed by atoms with E-state index >= 15 is 0 Å². The van der Waals surface area contributed by atoms with E-state index in [1.165, 1.54) is 16.2 Å². The largest absolute Gasteiger partial charge is 0.507 e. The molecule has 1 aliphatic rings. The summed E-state index contributed by atoms with van der Waals surface area (Å²) in [4.78, 5) is 31.7. The summed E-state index contributed by atoms with van der Waals surface area (Å²) in [6.07, 6.45) is 1.58. The number of ether oxygens (including phenoxy) is 2. The Morgan fingerprint density at radius 1 is 1.09 bits per heavy atom. The molecule has 0 bridgehead atoms. The van der Waals surface area contributed by atoms with E-state index in [1.54, 1.807) is 60.1 Å². The normalized spacial score (nSPS) is 17.6. The Balaban J connectivity index is 1.81. The minimum Gasteiger partial charge on any atom is -0.507 e. The van der Waals surface area contributed by atoms with Crippen molar-refractivity contribution in [1.29, 1.82) is 0 Å². The van der Waals surface area contributed by atoms with Gasteiger partial charge in [-0.2, -0.15) is 0 Å². The van der Waals surface area contributed by atoms with Gasteiger partial charge < -0.3 is 14.6 Å². The molecule has 8 heteroatoms. The van der Waals surface area contributed by atoms with Crippen molar-refractivity contribution in [3.63, 3.8) is 0 Å². The first kappa shape index (κ1) is 22.5. The number of aliphatic hydroxyl groups excluding tert-OH is 1. The second-order valence-electron chi connectivity index (χ2n) is 7.68. The summed E-state index contributed by atoms with van der Waals surface area (Å²) >= 11 is 1.25. The van der Waals surface area contributed by atoms with Gasteiger partial charge in [0.25, 0.3) is 5.78 Å². The molecule has 170 valence electrons. The van der Waals surface area contributed by atoms with Gasteiger partial charge in [0, 0.05) is 17.1 Å². The van der Waals surface area contributed by atoms with Gasteiger partial charge in [-0.15, -0.1) is 11.3 Å². The third-order valence-corrected chi connectivity index (χ3v) is 5.85. The molecule has 7 nitrogen and oxygen atoms in total. The first-order chi connectivity index (χ1) is 15.9. The number of nitrogens with zero attached hydrogens (tertiary/aromatic N) is 2. The highest BCUT2D eigenvalue weighted by Gasteiger charge is 2.47.